The number of piperidine rings is 1. The number of allylic oxidation sites excluding steroid dienone is 2. The molecule has 1 saturated carbocycles. The summed E-state index contributed by atoms with van der Waals surface area (Å²) in [6.45, 7) is 4.31. The third-order valence-electron chi connectivity index (χ3n) is 12.0. The Labute approximate surface area is 286 Å². The molecule has 0 spiro atoms. The lowest BCUT2D eigenvalue weighted by Crippen LogP contribution is -2.49. The number of anilines is 1. The van der Waals surface area contributed by atoms with Crippen LogP contribution < -0.4 is 9.64 Å². The summed E-state index contributed by atoms with van der Waals surface area (Å²) in [4.78, 5) is 62.8. The fourth-order valence-electron chi connectivity index (χ4n) is 9.65. The molecule has 4 fully saturated rings. The van der Waals surface area contributed by atoms with Crippen LogP contribution in [0.2, 0.25) is 0 Å². The molecule has 0 radical (unpaired) electrons. The number of phenolic OH excluding ortho intramolecular Hbond substituents is 1. The molecule has 3 aromatic carbocycles. The van der Waals surface area contributed by atoms with E-state index in [4.69, 9.17) is 4.74 Å². The molecule has 0 aromatic heterocycles. The minimum absolute atomic E-state index is 0.0280. The van der Waals surface area contributed by atoms with Gasteiger partial charge in [-0.1, -0.05) is 66.2 Å². The van der Waals surface area contributed by atoms with Gasteiger partial charge in [-0.25, -0.2) is 4.90 Å². The Hall–Kier alpha value is -4.76. The molecular weight excluding hydrogens is 618 g/mol. The molecular formula is C40H41N3O6. The van der Waals surface area contributed by atoms with E-state index in [-0.39, 0.29) is 47.1 Å². The van der Waals surface area contributed by atoms with Gasteiger partial charge < -0.3 is 9.84 Å². The Balaban J connectivity index is 1.13. The summed E-state index contributed by atoms with van der Waals surface area (Å²) < 4.78 is 5.48. The Kier molecular flexibility index (Phi) is 7.70. The number of phenols is 1. The third-order valence-corrected chi connectivity index (χ3v) is 12.0. The molecule has 1 N–H and O–H groups in total. The van der Waals surface area contributed by atoms with Gasteiger partial charge in [0.2, 0.25) is 23.6 Å². The number of amides is 4. The van der Waals surface area contributed by atoms with Gasteiger partial charge in [-0.3, -0.25) is 29.0 Å². The zero-order valence-electron chi connectivity index (χ0n) is 27.8. The number of carbonyl (C=O) groups excluding carboxylic acids is 4. The van der Waals surface area contributed by atoms with Crippen molar-refractivity contribution in [2.45, 2.75) is 51.1 Å². The minimum atomic E-state index is -1.15. The SMILES string of the molecule is COc1cc(C2C3=CCC4C(=O)N(C5CCN(Cc6ccccc6)CC5)C(=O)C4C3CC3C(=O)N(c4ccccc4)C(=O)C32C)ccc1O. The summed E-state index contributed by atoms with van der Waals surface area (Å²) in [5.74, 6) is -3.30. The quantitative estimate of drug-likeness (QED) is 0.283. The first kappa shape index (κ1) is 31.5. The number of ether oxygens (including phenoxy) is 1. The predicted molar refractivity (Wildman–Crippen MR) is 182 cm³/mol. The molecule has 49 heavy (non-hydrogen) atoms. The molecule has 6 unspecified atom stereocenters. The first-order chi connectivity index (χ1) is 23.7. The minimum Gasteiger partial charge on any atom is -0.504 e. The van der Waals surface area contributed by atoms with Crippen LogP contribution in [-0.2, 0) is 25.7 Å². The first-order valence-electron chi connectivity index (χ1n) is 17.4. The number of para-hydroxylation sites is 1. The van der Waals surface area contributed by atoms with E-state index in [9.17, 15) is 24.3 Å². The largest absolute Gasteiger partial charge is 0.504 e. The number of methoxy groups -OCH3 is 1. The van der Waals surface area contributed by atoms with Crippen molar-refractivity contribution in [3.63, 3.8) is 0 Å². The van der Waals surface area contributed by atoms with Gasteiger partial charge in [-0.2, -0.15) is 0 Å². The predicted octanol–water partition coefficient (Wildman–Crippen LogP) is 5.30. The van der Waals surface area contributed by atoms with Crippen LogP contribution in [0.4, 0.5) is 5.69 Å². The van der Waals surface area contributed by atoms with Crippen LogP contribution in [-0.4, -0.2) is 64.8 Å². The molecule has 3 aliphatic heterocycles. The maximum atomic E-state index is 14.6. The Morgan fingerprint density at radius 2 is 1.55 bits per heavy atom. The summed E-state index contributed by atoms with van der Waals surface area (Å²) >= 11 is 0. The zero-order chi connectivity index (χ0) is 34.0. The van der Waals surface area contributed by atoms with Crippen LogP contribution in [0, 0.1) is 29.1 Å². The van der Waals surface area contributed by atoms with Gasteiger partial charge in [0, 0.05) is 31.6 Å². The monoisotopic (exact) mass is 659 g/mol. The molecule has 2 aliphatic carbocycles. The van der Waals surface area contributed by atoms with Crippen LogP contribution in [0.15, 0.2) is 90.5 Å². The van der Waals surface area contributed by atoms with Crippen LogP contribution in [0.5, 0.6) is 11.5 Å². The van der Waals surface area contributed by atoms with E-state index in [1.165, 1.54) is 17.6 Å². The van der Waals surface area contributed by atoms with Gasteiger partial charge in [0.1, 0.15) is 0 Å². The lowest BCUT2D eigenvalue weighted by atomic mass is 9.51. The van der Waals surface area contributed by atoms with E-state index in [1.807, 2.05) is 31.2 Å². The summed E-state index contributed by atoms with van der Waals surface area (Å²) in [5, 5.41) is 10.5. The number of nitrogens with zero attached hydrogens (tertiary/aromatic N) is 3. The number of imide groups is 2. The lowest BCUT2D eigenvalue weighted by Gasteiger charge is -2.49. The average Bonchev–Trinajstić information content (AvgIpc) is 3.49. The number of likely N-dealkylation sites (tertiary alicyclic amines) is 2. The molecule has 8 rings (SSSR count). The number of hydrogen-bond acceptors (Lipinski definition) is 7. The van der Waals surface area contributed by atoms with E-state index in [2.05, 4.69) is 23.1 Å². The number of aromatic hydroxyl groups is 1. The molecule has 3 heterocycles. The summed E-state index contributed by atoms with van der Waals surface area (Å²) in [5.41, 5.74) is 2.26. The fourth-order valence-corrected chi connectivity index (χ4v) is 9.65. The standard InChI is InChI=1S/C40H41N3O6/c1-40-31(37(46)43(39(40)48)26-11-7-4-8-12-26)22-30-28(35(40)25-13-16-32(44)33(21-25)49-2)14-15-29-34(30)38(47)42(36(29)45)27-17-19-41(20-18-27)23-24-9-5-3-6-10-24/h3-14,16,21,27,29-31,34-35,44H,15,17-20,22-23H2,1-2H3. The second-order valence-electron chi connectivity index (χ2n) is 14.5. The molecule has 3 saturated heterocycles. The topological polar surface area (TPSA) is 107 Å². The smallest absolute Gasteiger partial charge is 0.241 e. The highest BCUT2D eigenvalue weighted by molar-refractivity contribution is 6.24. The Morgan fingerprint density at radius 1 is 0.857 bits per heavy atom. The molecule has 4 amide bonds. The fraction of sp³-hybridized carbons (Fsp3) is 0.400. The maximum Gasteiger partial charge on any atom is 0.241 e. The van der Waals surface area contributed by atoms with Crippen molar-refractivity contribution >= 4 is 29.3 Å². The van der Waals surface area contributed by atoms with Crippen molar-refractivity contribution in [1.82, 2.24) is 9.80 Å². The van der Waals surface area contributed by atoms with Crippen molar-refractivity contribution in [3.8, 4) is 11.5 Å². The third kappa shape index (κ3) is 4.84. The second-order valence-corrected chi connectivity index (χ2v) is 14.5. The summed E-state index contributed by atoms with van der Waals surface area (Å²) in [7, 11) is 1.47. The van der Waals surface area contributed by atoms with Crippen molar-refractivity contribution < 1.29 is 29.0 Å². The second kappa shape index (κ2) is 12.0. The van der Waals surface area contributed by atoms with Gasteiger partial charge in [0.05, 0.1) is 36.0 Å². The van der Waals surface area contributed by atoms with Crippen LogP contribution in [0.25, 0.3) is 0 Å². The van der Waals surface area contributed by atoms with Gasteiger partial charge in [-0.15, -0.1) is 0 Å². The highest BCUT2D eigenvalue weighted by Crippen LogP contribution is 2.64. The molecule has 9 nitrogen and oxygen atoms in total. The Morgan fingerprint density at radius 3 is 2.24 bits per heavy atom. The van der Waals surface area contributed by atoms with Gasteiger partial charge in [0.15, 0.2) is 11.5 Å². The molecule has 0 bridgehead atoms. The van der Waals surface area contributed by atoms with E-state index < -0.39 is 29.1 Å². The molecule has 3 aromatic rings. The van der Waals surface area contributed by atoms with Crippen molar-refractivity contribution in [1.29, 1.82) is 0 Å². The molecule has 5 aliphatic rings. The average molecular weight is 660 g/mol. The van der Waals surface area contributed by atoms with Crippen molar-refractivity contribution in [2.75, 3.05) is 25.1 Å². The first-order valence-corrected chi connectivity index (χ1v) is 17.4. The number of carbonyl (C=O) groups is 4. The van der Waals surface area contributed by atoms with E-state index in [0.29, 0.717) is 18.5 Å². The number of benzene rings is 3. The van der Waals surface area contributed by atoms with Crippen LogP contribution >= 0.6 is 0 Å². The molecule has 9 heteroatoms. The normalized spacial score (nSPS) is 30.2. The zero-order valence-corrected chi connectivity index (χ0v) is 27.8. The highest BCUT2D eigenvalue weighted by Gasteiger charge is 2.67. The lowest BCUT2D eigenvalue weighted by molar-refractivity contribution is -0.144. The van der Waals surface area contributed by atoms with Crippen molar-refractivity contribution in [2.24, 2.45) is 29.1 Å². The maximum absolute atomic E-state index is 14.6. The number of rotatable bonds is 6. The van der Waals surface area contributed by atoms with Gasteiger partial charge >= 0.3 is 0 Å². The number of hydrogen-bond donors (Lipinski definition) is 1. The Bertz CT molecular complexity index is 1850. The van der Waals surface area contributed by atoms with Gasteiger partial charge in [-0.05, 0) is 73.9 Å². The highest BCUT2D eigenvalue weighted by atomic mass is 16.5. The van der Waals surface area contributed by atoms with E-state index in [1.54, 1.807) is 47.4 Å². The van der Waals surface area contributed by atoms with Crippen LogP contribution in [0.3, 0.4) is 0 Å². The number of fused-ring (bicyclic) bond motifs is 4. The van der Waals surface area contributed by atoms with E-state index >= 15 is 0 Å². The van der Waals surface area contributed by atoms with E-state index in [0.717, 1.165) is 43.6 Å². The molecule has 6 atom stereocenters. The summed E-state index contributed by atoms with van der Waals surface area (Å²) in [6, 6.07) is 24.2. The van der Waals surface area contributed by atoms with Gasteiger partial charge in [0.25, 0.3) is 0 Å². The molecule has 252 valence electrons. The van der Waals surface area contributed by atoms with Crippen molar-refractivity contribution in [3.05, 3.63) is 102 Å². The summed E-state index contributed by atoms with van der Waals surface area (Å²) in [6.07, 6.45) is 4.24. The van der Waals surface area contributed by atoms with Crippen LogP contribution in [0.1, 0.15) is 49.7 Å².